The summed E-state index contributed by atoms with van der Waals surface area (Å²) in [7, 11) is 0. The van der Waals surface area contributed by atoms with Crippen molar-refractivity contribution < 1.29 is 19.8 Å². The van der Waals surface area contributed by atoms with E-state index in [1.807, 2.05) is 12.1 Å². The molecule has 0 heterocycles. The molecule has 6 nitrogen and oxygen atoms in total. The highest BCUT2D eigenvalue weighted by Gasteiger charge is 2.33. The van der Waals surface area contributed by atoms with Crippen LogP contribution >= 0.6 is 0 Å². The molecule has 0 aromatic heterocycles. The Labute approximate surface area is 280 Å². The Balaban J connectivity index is 2.40. The minimum atomic E-state index is -0.273. The van der Waals surface area contributed by atoms with Crippen molar-refractivity contribution in [2.45, 2.75) is 156 Å². The Hall–Kier alpha value is -2.86. The molecule has 0 aliphatic heterocycles. The van der Waals surface area contributed by atoms with Crippen LogP contribution in [0.4, 0.5) is 0 Å². The van der Waals surface area contributed by atoms with Gasteiger partial charge in [0.05, 0.1) is 0 Å². The van der Waals surface area contributed by atoms with Crippen LogP contribution in [0.15, 0.2) is 24.3 Å². The van der Waals surface area contributed by atoms with Crippen molar-refractivity contribution in [3.8, 4) is 11.5 Å². The van der Waals surface area contributed by atoms with Crippen LogP contribution in [0.3, 0.4) is 0 Å². The average molecular weight is 637 g/mol. The summed E-state index contributed by atoms with van der Waals surface area (Å²) in [6, 6.07) is 7.35. The fourth-order valence-corrected chi connectivity index (χ4v) is 6.83. The Bertz CT molecular complexity index is 1250. The number of carbonyl (C=O) groups excluding carboxylic acids is 2. The fourth-order valence-electron chi connectivity index (χ4n) is 6.83. The largest absolute Gasteiger partial charge is 0.508 e. The minimum Gasteiger partial charge on any atom is -0.508 e. The third-order valence-corrected chi connectivity index (χ3v) is 8.69. The Morgan fingerprint density at radius 1 is 0.565 bits per heavy atom. The van der Waals surface area contributed by atoms with E-state index in [-0.39, 0.29) is 57.8 Å². The number of phenolic OH excluding ortho intramolecular Hbond substituents is 2. The molecule has 0 aliphatic carbocycles. The van der Waals surface area contributed by atoms with Crippen molar-refractivity contribution in [2.75, 3.05) is 13.1 Å². The third-order valence-electron chi connectivity index (χ3n) is 8.69. The van der Waals surface area contributed by atoms with Gasteiger partial charge >= 0.3 is 0 Å². The first kappa shape index (κ1) is 39.3. The predicted molar refractivity (Wildman–Crippen MR) is 192 cm³/mol. The number of hydrogen-bond acceptors (Lipinski definition) is 5. The summed E-state index contributed by atoms with van der Waals surface area (Å²) in [6.45, 7) is 26.5. The molecule has 0 saturated heterocycles. The molecule has 6 heteroatoms. The van der Waals surface area contributed by atoms with Gasteiger partial charge in [0.15, 0.2) is 0 Å². The van der Waals surface area contributed by atoms with Crippen molar-refractivity contribution in [3.63, 3.8) is 0 Å². The van der Waals surface area contributed by atoms with Gasteiger partial charge in [-0.2, -0.15) is 0 Å². The quantitative estimate of drug-likeness (QED) is 0.202. The van der Waals surface area contributed by atoms with Gasteiger partial charge in [-0.15, -0.1) is 0 Å². The smallest absolute Gasteiger partial charge is 0.229 e. The Morgan fingerprint density at radius 2 is 0.913 bits per heavy atom. The van der Waals surface area contributed by atoms with Crippen LogP contribution in [0.25, 0.3) is 0 Å². The number of amides is 2. The number of benzene rings is 2. The lowest BCUT2D eigenvalue weighted by molar-refractivity contribution is -0.145. The zero-order chi connectivity index (χ0) is 35.3. The number of aromatic hydroxyl groups is 2. The molecule has 0 unspecified atom stereocenters. The van der Waals surface area contributed by atoms with Gasteiger partial charge in [0.2, 0.25) is 11.8 Å². The number of nitrogens with zero attached hydrogens (tertiary/aromatic N) is 1. The number of aryl methyl sites for hydroxylation is 2. The molecule has 258 valence electrons. The van der Waals surface area contributed by atoms with E-state index in [1.165, 1.54) is 4.90 Å². The maximum Gasteiger partial charge on any atom is 0.229 e. The normalized spacial score (nSPS) is 12.8. The molecular weight excluding hydrogens is 572 g/mol. The number of carbonyl (C=O) groups is 2. The van der Waals surface area contributed by atoms with E-state index in [0.717, 1.165) is 59.1 Å². The molecule has 2 rings (SSSR count). The van der Waals surface area contributed by atoms with E-state index >= 15 is 0 Å². The van der Waals surface area contributed by atoms with Gasteiger partial charge in [0.1, 0.15) is 11.5 Å². The van der Waals surface area contributed by atoms with E-state index in [0.29, 0.717) is 25.9 Å². The van der Waals surface area contributed by atoms with Crippen LogP contribution in [-0.2, 0) is 44.1 Å². The van der Waals surface area contributed by atoms with E-state index in [1.54, 1.807) is 12.1 Å². The molecule has 2 aromatic carbocycles. The van der Waals surface area contributed by atoms with Gasteiger partial charge in [-0.1, -0.05) is 108 Å². The Kier molecular flexibility index (Phi) is 13.1. The first-order chi connectivity index (χ1) is 21.0. The number of rotatable bonds is 12. The van der Waals surface area contributed by atoms with Crippen molar-refractivity contribution in [2.24, 2.45) is 5.73 Å². The van der Waals surface area contributed by atoms with Crippen molar-refractivity contribution in [3.05, 3.63) is 57.6 Å². The van der Waals surface area contributed by atoms with Gasteiger partial charge in [-0.3, -0.25) is 14.5 Å². The molecule has 0 radical (unpaired) electrons. The van der Waals surface area contributed by atoms with Crippen molar-refractivity contribution >= 4 is 11.8 Å². The van der Waals surface area contributed by atoms with E-state index < -0.39 is 0 Å². The van der Waals surface area contributed by atoms with Crippen molar-refractivity contribution in [1.29, 1.82) is 0 Å². The zero-order valence-electron chi connectivity index (χ0n) is 31.1. The number of hydrogen-bond donors (Lipinski definition) is 3. The van der Waals surface area contributed by atoms with Gasteiger partial charge in [-0.25, -0.2) is 0 Å². The lowest BCUT2D eigenvalue weighted by Crippen LogP contribution is -2.38. The summed E-state index contributed by atoms with van der Waals surface area (Å²) >= 11 is 0. The van der Waals surface area contributed by atoms with Crippen LogP contribution in [0.5, 0.6) is 11.5 Å². The summed E-state index contributed by atoms with van der Waals surface area (Å²) in [5.74, 6) is 0.234. The topological polar surface area (TPSA) is 104 Å². The maximum atomic E-state index is 13.9. The molecular formula is C40H64N2O4. The summed E-state index contributed by atoms with van der Waals surface area (Å²) in [4.78, 5) is 29.2. The molecule has 46 heavy (non-hydrogen) atoms. The van der Waals surface area contributed by atoms with Crippen LogP contribution in [0.2, 0.25) is 0 Å². The second kappa shape index (κ2) is 15.4. The zero-order valence-corrected chi connectivity index (χ0v) is 31.1. The van der Waals surface area contributed by atoms with E-state index in [4.69, 9.17) is 5.73 Å². The lowest BCUT2D eigenvalue weighted by Gasteiger charge is -2.33. The standard InChI is InChI=1S/C40H64N2O4/c1-37(2,3)33-27(17-21-29(43)35(33)39(7,8)9)19-23-31(45)42(26-16-14-13-15-25-41)32(46)24-20-28-18-22-30(44)36(40(10,11)12)34(28)38(4,5)6/h17-18,21-22,43-44H,13-16,19-20,23-26,41H2,1-12H3. The van der Waals surface area contributed by atoms with E-state index in [9.17, 15) is 19.8 Å². The second-order valence-electron chi connectivity index (χ2n) is 17.1. The minimum absolute atomic E-state index is 0.161. The number of imide groups is 1. The summed E-state index contributed by atoms with van der Waals surface area (Å²) in [6.07, 6.45) is 4.98. The first-order valence-corrected chi connectivity index (χ1v) is 17.3. The monoisotopic (exact) mass is 636 g/mol. The molecule has 0 fully saturated rings. The molecule has 0 saturated carbocycles. The highest BCUT2D eigenvalue weighted by molar-refractivity contribution is 5.95. The molecule has 0 atom stereocenters. The summed E-state index contributed by atoms with van der Waals surface area (Å²) < 4.78 is 0. The number of phenols is 2. The van der Waals surface area contributed by atoms with Gasteiger partial charge < -0.3 is 15.9 Å². The van der Waals surface area contributed by atoms with Crippen molar-refractivity contribution in [1.82, 2.24) is 4.90 Å². The molecule has 4 N–H and O–H groups in total. The van der Waals surface area contributed by atoms with Gasteiger partial charge in [0.25, 0.3) is 0 Å². The molecule has 2 aromatic rings. The lowest BCUT2D eigenvalue weighted by atomic mass is 9.72. The Morgan fingerprint density at radius 3 is 1.24 bits per heavy atom. The van der Waals surface area contributed by atoms with E-state index in [2.05, 4.69) is 83.1 Å². The van der Waals surface area contributed by atoms with Gasteiger partial charge in [0, 0.05) is 30.5 Å². The second-order valence-corrected chi connectivity index (χ2v) is 17.1. The third kappa shape index (κ3) is 10.3. The van der Waals surface area contributed by atoms with Crippen LogP contribution in [-0.4, -0.2) is 40.0 Å². The summed E-state index contributed by atoms with van der Waals surface area (Å²) in [5.41, 5.74) is 10.7. The first-order valence-electron chi connectivity index (χ1n) is 17.3. The molecule has 0 bridgehead atoms. The molecule has 0 spiro atoms. The maximum absolute atomic E-state index is 13.9. The van der Waals surface area contributed by atoms with Crippen LogP contribution in [0, 0.1) is 0 Å². The van der Waals surface area contributed by atoms with Crippen LogP contribution < -0.4 is 5.73 Å². The van der Waals surface area contributed by atoms with Crippen LogP contribution in [0.1, 0.15) is 155 Å². The number of nitrogens with two attached hydrogens (primary N) is 1. The molecule has 0 aliphatic rings. The highest BCUT2D eigenvalue weighted by atomic mass is 16.3. The highest BCUT2D eigenvalue weighted by Crippen LogP contribution is 2.43. The predicted octanol–water partition coefficient (Wildman–Crippen LogP) is 8.73. The van der Waals surface area contributed by atoms with Gasteiger partial charge in [-0.05, 0) is 88.3 Å². The molecule has 2 amide bonds. The average Bonchev–Trinajstić information content (AvgIpc) is 2.90. The number of unbranched alkanes of at least 4 members (excludes halogenated alkanes) is 3. The SMILES string of the molecule is CC(C)(C)c1c(O)ccc(CCC(=O)N(CCCCCCN)C(=O)CCc2ccc(O)c(C(C)(C)C)c2C(C)(C)C)c1C(C)(C)C. The summed E-state index contributed by atoms with van der Waals surface area (Å²) in [5, 5.41) is 21.7. The fraction of sp³-hybridized carbons (Fsp3) is 0.650.